The minimum Gasteiger partial charge on any atom is -0.378 e. The number of hydrogen-bond acceptors (Lipinski definition) is 4. The molecule has 2 N–H and O–H groups in total. The summed E-state index contributed by atoms with van der Waals surface area (Å²) < 4.78 is 7.09. The van der Waals surface area contributed by atoms with Crippen molar-refractivity contribution in [3.8, 4) is 0 Å². The van der Waals surface area contributed by atoms with Gasteiger partial charge in [0, 0.05) is 31.9 Å². The number of imidazole rings is 1. The van der Waals surface area contributed by atoms with Gasteiger partial charge in [-0.05, 0) is 36.2 Å². The van der Waals surface area contributed by atoms with E-state index in [0.717, 1.165) is 42.9 Å². The molecule has 1 aliphatic rings. The SMILES string of the molecule is O=C(Cc1ccc(N2CCOCC2)cc1)NCCCn1c(=O)[nH]c2ccccc21. The quantitative estimate of drug-likeness (QED) is 0.600. The summed E-state index contributed by atoms with van der Waals surface area (Å²) in [5.41, 5.74) is 3.78. The van der Waals surface area contributed by atoms with Gasteiger partial charge in [0.15, 0.2) is 0 Å². The van der Waals surface area contributed by atoms with Crippen molar-refractivity contribution in [3.05, 3.63) is 64.6 Å². The number of benzene rings is 2. The van der Waals surface area contributed by atoms with Crippen molar-refractivity contribution in [2.24, 2.45) is 0 Å². The summed E-state index contributed by atoms with van der Waals surface area (Å²) in [6, 6.07) is 15.8. The van der Waals surface area contributed by atoms with Crippen LogP contribution in [0.5, 0.6) is 0 Å². The molecule has 0 unspecified atom stereocenters. The standard InChI is InChI=1S/C22H26N4O3/c27-21(16-17-6-8-18(9-7-17)25-12-14-29-15-13-25)23-10-3-11-26-20-5-2-1-4-19(20)24-22(26)28/h1-2,4-9H,3,10-16H2,(H,23,27)(H,24,28). The largest absolute Gasteiger partial charge is 0.378 e. The van der Waals surface area contributed by atoms with E-state index in [9.17, 15) is 9.59 Å². The zero-order chi connectivity index (χ0) is 20.1. The van der Waals surface area contributed by atoms with Gasteiger partial charge in [-0.15, -0.1) is 0 Å². The minimum atomic E-state index is -0.113. The number of carbonyl (C=O) groups excluding carboxylic acids is 1. The highest BCUT2D eigenvalue weighted by Crippen LogP contribution is 2.17. The van der Waals surface area contributed by atoms with Crippen LogP contribution in [0.4, 0.5) is 5.69 Å². The van der Waals surface area contributed by atoms with Gasteiger partial charge in [-0.3, -0.25) is 9.36 Å². The van der Waals surface area contributed by atoms with Crippen LogP contribution in [0.15, 0.2) is 53.3 Å². The fourth-order valence-corrected chi connectivity index (χ4v) is 3.69. The van der Waals surface area contributed by atoms with Crippen LogP contribution in [0.25, 0.3) is 11.0 Å². The number of rotatable bonds is 7. The third-order valence-corrected chi connectivity index (χ3v) is 5.24. The van der Waals surface area contributed by atoms with Gasteiger partial charge in [0.2, 0.25) is 5.91 Å². The number of H-pyrrole nitrogens is 1. The molecule has 0 bridgehead atoms. The Morgan fingerprint density at radius 1 is 1.07 bits per heavy atom. The third-order valence-electron chi connectivity index (χ3n) is 5.24. The molecule has 1 aromatic heterocycles. The number of aromatic nitrogens is 2. The van der Waals surface area contributed by atoms with Gasteiger partial charge in [0.25, 0.3) is 0 Å². The molecule has 1 amide bonds. The highest BCUT2D eigenvalue weighted by atomic mass is 16.5. The average molecular weight is 394 g/mol. The molecular formula is C22H26N4O3. The van der Waals surface area contributed by atoms with E-state index in [1.807, 2.05) is 36.4 Å². The number of aromatic amines is 1. The Morgan fingerprint density at radius 3 is 2.62 bits per heavy atom. The number of anilines is 1. The number of carbonyl (C=O) groups is 1. The molecule has 29 heavy (non-hydrogen) atoms. The predicted molar refractivity (Wildman–Crippen MR) is 113 cm³/mol. The van der Waals surface area contributed by atoms with Crippen LogP contribution in [0.2, 0.25) is 0 Å². The van der Waals surface area contributed by atoms with Crippen molar-refractivity contribution in [1.29, 1.82) is 0 Å². The number of nitrogens with zero attached hydrogens (tertiary/aromatic N) is 2. The lowest BCUT2D eigenvalue weighted by Crippen LogP contribution is -2.36. The van der Waals surface area contributed by atoms with Crippen LogP contribution in [0, 0.1) is 0 Å². The molecule has 7 nitrogen and oxygen atoms in total. The number of nitrogens with one attached hydrogen (secondary N) is 2. The van der Waals surface area contributed by atoms with Crippen molar-refractivity contribution < 1.29 is 9.53 Å². The van der Waals surface area contributed by atoms with Gasteiger partial charge in [-0.25, -0.2) is 4.79 Å². The van der Waals surface area contributed by atoms with Gasteiger partial charge in [0.1, 0.15) is 0 Å². The van der Waals surface area contributed by atoms with Crippen LogP contribution >= 0.6 is 0 Å². The van der Waals surface area contributed by atoms with Crippen molar-refractivity contribution in [1.82, 2.24) is 14.9 Å². The van der Waals surface area contributed by atoms with Crippen LogP contribution in [0.1, 0.15) is 12.0 Å². The van der Waals surface area contributed by atoms with Crippen LogP contribution in [0.3, 0.4) is 0 Å². The number of fused-ring (bicyclic) bond motifs is 1. The summed E-state index contributed by atoms with van der Waals surface area (Å²) in [7, 11) is 0. The average Bonchev–Trinajstić information content (AvgIpc) is 3.07. The summed E-state index contributed by atoms with van der Waals surface area (Å²) in [6.45, 7) is 4.43. The monoisotopic (exact) mass is 394 g/mol. The first-order chi connectivity index (χ1) is 14.2. The molecule has 1 aliphatic heterocycles. The number of amides is 1. The molecule has 0 spiro atoms. The Balaban J connectivity index is 1.24. The van der Waals surface area contributed by atoms with E-state index in [0.29, 0.717) is 25.9 Å². The molecular weight excluding hydrogens is 368 g/mol. The second-order valence-corrected chi connectivity index (χ2v) is 7.25. The molecule has 0 radical (unpaired) electrons. The molecule has 0 aliphatic carbocycles. The van der Waals surface area contributed by atoms with Gasteiger partial charge in [0.05, 0.1) is 30.7 Å². The summed E-state index contributed by atoms with van der Waals surface area (Å²) in [5, 5.41) is 2.95. The number of para-hydroxylation sites is 2. The van der Waals surface area contributed by atoms with Gasteiger partial charge >= 0.3 is 5.69 Å². The molecule has 1 saturated heterocycles. The summed E-state index contributed by atoms with van der Waals surface area (Å²) in [5.74, 6) is -0.00426. The van der Waals surface area contributed by atoms with Gasteiger partial charge < -0.3 is 19.9 Å². The molecule has 7 heteroatoms. The fraction of sp³-hybridized carbons (Fsp3) is 0.364. The van der Waals surface area contributed by atoms with E-state index in [-0.39, 0.29) is 11.6 Å². The van der Waals surface area contributed by atoms with E-state index in [2.05, 4.69) is 27.3 Å². The number of ether oxygens (including phenoxy) is 1. The molecule has 2 aromatic carbocycles. The van der Waals surface area contributed by atoms with E-state index in [1.165, 1.54) is 5.69 Å². The molecule has 4 rings (SSSR count). The fourth-order valence-electron chi connectivity index (χ4n) is 3.69. The normalized spacial score (nSPS) is 14.3. The van der Waals surface area contributed by atoms with Crippen molar-refractivity contribution in [3.63, 3.8) is 0 Å². The number of morpholine rings is 1. The van der Waals surface area contributed by atoms with Crippen LogP contribution < -0.4 is 15.9 Å². The molecule has 3 aromatic rings. The first-order valence-corrected chi connectivity index (χ1v) is 10.1. The van der Waals surface area contributed by atoms with Crippen molar-refractivity contribution >= 4 is 22.6 Å². The number of aryl methyl sites for hydroxylation is 1. The lowest BCUT2D eigenvalue weighted by molar-refractivity contribution is -0.120. The maximum Gasteiger partial charge on any atom is 0.326 e. The maximum absolute atomic E-state index is 12.2. The summed E-state index contributed by atoms with van der Waals surface area (Å²) >= 11 is 0. The lowest BCUT2D eigenvalue weighted by atomic mass is 10.1. The van der Waals surface area contributed by atoms with Crippen molar-refractivity contribution in [2.45, 2.75) is 19.4 Å². The third kappa shape index (κ3) is 4.68. The van der Waals surface area contributed by atoms with Gasteiger partial charge in [-0.2, -0.15) is 0 Å². The molecule has 0 saturated carbocycles. The van der Waals surface area contributed by atoms with Gasteiger partial charge in [-0.1, -0.05) is 24.3 Å². The lowest BCUT2D eigenvalue weighted by Gasteiger charge is -2.28. The topological polar surface area (TPSA) is 79.4 Å². The van der Waals surface area contributed by atoms with E-state index in [1.54, 1.807) is 4.57 Å². The molecule has 1 fully saturated rings. The van der Waals surface area contributed by atoms with Crippen molar-refractivity contribution in [2.75, 3.05) is 37.7 Å². The highest BCUT2D eigenvalue weighted by Gasteiger charge is 2.11. The maximum atomic E-state index is 12.2. The first-order valence-electron chi connectivity index (χ1n) is 10.1. The second-order valence-electron chi connectivity index (χ2n) is 7.25. The number of hydrogen-bond donors (Lipinski definition) is 2. The van der Waals surface area contributed by atoms with Crippen LogP contribution in [-0.4, -0.2) is 48.3 Å². The summed E-state index contributed by atoms with van der Waals surface area (Å²) in [6.07, 6.45) is 1.06. The Morgan fingerprint density at radius 2 is 1.83 bits per heavy atom. The predicted octanol–water partition coefficient (Wildman–Crippen LogP) is 1.92. The minimum absolute atomic E-state index is 0.00426. The zero-order valence-electron chi connectivity index (χ0n) is 16.4. The Kier molecular flexibility index (Phi) is 5.95. The Labute approximate surface area is 169 Å². The first kappa shape index (κ1) is 19.3. The van der Waals surface area contributed by atoms with E-state index < -0.39 is 0 Å². The smallest absolute Gasteiger partial charge is 0.326 e. The molecule has 0 atom stereocenters. The second kappa shape index (κ2) is 8.96. The van der Waals surface area contributed by atoms with Crippen LogP contribution in [-0.2, 0) is 22.5 Å². The Hall–Kier alpha value is -3.06. The zero-order valence-corrected chi connectivity index (χ0v) is 16.4. The van der Waals surface area contributed by atoms with E-state index in [4.69, 9.17) is 4.74 Å². The Bertz CT molecular complexity index is 1020. The summed E-state index contributed by atoms with van der Waals surface area (Å²) in [4.78, 5) is 29.4. The molecule has 2 heterocycles. The van der Waals surface area contributed by atoms with E-state index >= 15 is 0 Å². The molecule has 152 valence electrons. The highest BCUT2D eigenvalue weighted by molar-refractivity contribution is 5.78.